The fourth-order valence-corrected chi connectivity index (χ4v) is 8.11. The van der Waals surface area contributed by atoms with Crippen molar-refractivity contribution in [1.82, 2.24) is 14.7 Å². The number of benzene rings is 1. The van der Waals surface area contributed by atoms with E-state index in [1.807, 2.05) is 18.7 Å². The smallest absolute Gasteiger partial charge is 0.346 e. The zero-order chi connectivity index (χ0) is 28.2. The van der Waals surface area contributed by atoms with E-state index < -0.39 is 39.8 Å². The first-order valence-electron chi connectivity index (χ1n) is 12.5. The summed E-state index contributed by atoms with van der Waals surface area (Å²) in [6.45, 7) is 8.79. The van der Waals surface area contributed by atoms with E-state index in [0.29, 0.717) is 48.9 Å². The van der Waals surface area contributed by atoms with Crippen LogP contribution in [0.4, 0.5) is 18.0 Å². The van der Waals surface area contributed by atoms with Crippen LogP contribution in [0.15, 0.2) is 46.5 Å². The van der Waals surface area contributed by atoms with Crippen molar-refractivity contribution >= 4 is 46.7 Å². The highest BCUT2D eigenvalue weighted by Crippen LogP contribution is 2.54. The zero-order valence-electron chi connectivity index (χ0n) is 21.7. The average Bonchev–Trinajstić information content (AvgIpc) is 2.87. The molecule has 0 N–H and O–H groups in total. The van der Waals surface area contributed by atoms with E-state index in [9.17, 15) is 14.0 Å². The molecule has 4 atom stereocenters. The van der Waals surface area contributed by atoms with Crippen LogP contribution in [-0.4, -0.2) is 94.4 Å². The van der Waals surface area contributed by atoms with Crippen molar-refractivity contribution in [2.45, 2.75) is 36.7 Å². The second kappa shape index (κ2) is 10.3. The number of amides is 3. The number of amidine groups is 1. The number of halogens is 4. The Hall–Kier alpha value is -2.76. The van der Waals surface area contributed by atoms with Crippen molar-refractivity contribution < 1.29 is 27.5 Å². The molecule has 0 bridgehead atoms. The van der Waals surface area contributed by atoms with Gasteiger partial charge in [-0.1, -0.05) is 18.2 Å². The van der Waals surface area contributed by atoms with Crippen molar-refractivity contribution in [2.75, 3.05) is 39.1 Å². The largest absolute Gasteiger partial charge is 0.383 e. The SMILES string of the molecule is C=CC(=O)N1CCN(C2=NC(=O)N3[C@H](COC)CSC4C(c5c(F)cc(F)cc5F)=C(Cl)C=C2C43C)[C@@H](C)C1. The minimum absolute atomic E-state index is 0.0877. The van der Waals surface area contributed by atoms with Crippen LogP contribution in [0.3, 0.4) is 0 Å². The van der Waals surface area contributed by atoms with Crippen LogP contribution in [-0.2, 0) is 9.53 Å². The zero-order valence-corrected chi connectivity index (χ0v) is 23.3. The van der Waals surface area contributed by atoms with Crippen LogP contribution in [0.25, 0.3) is 5.57 Å². The first kappa shape index (κ1) is 27.8. The molecule has 39 heavy (non-hydrogen) atoms. The van der Waals surface area contributed by atoms with Gasteiger partial charge < -0.3 is 19.4 Å². The Kier molecular flexibility index (Phi) is 7.36. The van der Waals surface area contributed by atoms with Gasteiger partial charge in [0.25, 0.3) is 0 Å². The molecule has 0 saturated carbocycles. The van der Waals surface area contributed by atoms with Gasteiger partial charge in [-0.3, -0.25) is 4.79 Å². The molecule has 1 aromatic rings. The Labute approximate surface area is 234 Å². The molecule has 3 heterocycles. The maximum atomic E-state index is 15.1. The maximum Gasteiger partial charge on any atom is 0.346 e. The Morgan fingerprint density at radius 2 is 2.00 bits per heavy atom. The molecule has 3 aliphatic heterocycles. The predicted molar refractivity (Wildman–Crippen MR) is 145 cm³/mol. The van der Waals surface area contributed by atoms with Crippen molar-refractivity contribution in [3.8, 4) is 0 Å². The molecule has 1 aromatic carbocycles. The minimum atomic E-state index is -1.10. The molecule has 2 saturated heterocycles. The highest BCUT2D eigenvalue weighted by atomic mass is 35.5. The van der Waals surface area contributed by atoms with Gasteiger partial charge in [-0.15, -0.1) is 11.8 Å². The van der Waals surface area contributed by atoms with Crippen LogP contribution in [0.1, 0.15) is 19.4 Å². The lowest BCUT2D eigenvalue weighted by molar-refractivity contribution is -0.128. The number of methoxy groups -OCH3 is 1. The molecular formula is C27H28ClF3N4O3S. The predicted octanol–water partition coefficient (Wildman–Crippen LogP) is 4.44. The number of carbonyl (C=O) groups excluding carboxylic acids is 2. The molecule has 1 aliphatic carbocycles. The summed E-state index contributed by atoms with van der Waals surface area (Å²) in [6, 6.07) is 0.210. The van der Waals surface area contributed by atoms with Gasteiger partial charge in [-0.05, 0) is 31.6 Å². The Morgan fingerprint density at radius 1 is 1.31 bits per heavy atom. The number of ether oxygens (including phenoxy) is 1. The lowest BCUT2D eigenvalue weighted by atomic mass is 9.74. The van der Waals surface area contributed by atoms with Gasteiger partial charge in [0.15, 0.2) is 0 Å². The molecule has 208 valence electrons. The van der Waals surface area contributed by atoms with E-state index in [1.165, 1.54) is 24.9 Å². The molecule has 2 fully saturated rings. The second-order valence-corrected chi connectivity index (χ2v) is 11.7. The van der Waals surface area contributed by atoms with Crippen molar-refractivity contribution in [3.05, 3.63) is 64.5 Å². The quantitative estimate of drug-likeness (QED) is 0.493. The second-order valence-electron chi connectivity index (χ2n) is 10.2. The maximum absolute atomic E-state index is 15.1. The molecule has 5 rings (SSSR count). The van der Waals surface area contributed by atoms with Crippen molar-refractivity contribution in [3.63, 3.8) is 0 Å². The van der Waals surface area contributed by atoms with Crippen molar-refractivity contribution in [2.24, 2.45) is 4.99 Å². The molecule has 4 aliphatic rings. The third kappa shape index (κ3) is 4.38. The van der Waals surface area contributed by atoms with E-state index in [2.05, 4.69) is 11.6 Å². The number of allylic oxidation sites excluding steroid dienone is 2. The summed E-state index contributed by atoms with van der Waals surface area (Å²) in [6.07, 6.45) is 2.88. The van der Waals surface area contributed by atoms with E-state index in [4.69, 9.17) is 16.3 Å². The fraction of sp³-hybridized carbons (Fsp3) is 0.444. The number of hydrogen-bond acceptors (Lipinski definition) is 5. The number of aliphatic imine (C=N–C) groups is 1. The summed E-state index contributed by atoms with van der Waals surface area (Å²) in [7, 11) is 1.54. The lowest BCUT2D eigenvalue weighted by Crippen LogP contribution is -2.70. The van der Waals surface area contributed by atoms with Crippen LogP contribution in [0, 0.1) is 17.5 Å². The topological polar surface area (TPSA) is 65.5 Å². The Balaban J connectivity index is 1.67. The van der Waals surface area contributed by atoms with Crippen molar-refractivity contribution in [1.29, 1.82) is 0 Å². The number of rotatable bonds is 4. The molecule has 0 radical (unpaired) electrons. The first-order valence-corrected chi connectivity index (χ1v) is 13.9. The molecule has 12 heteroatoms. The normalized spacial score (nSPS) is 28.7. The minimum Gasteiger partial charge on any atom is -0.383 e. The standard InChI is InChI=1S/C27H28ClF3N4O3S/c1-5-21(36)33-6-7-34(14(2)11-33)25-17-10-18(28)22(23-19(30)8-15(29)9-20(23)31)24-27(17,3)35(26(37)32-25)16(12-38-4)13-39-24/h5,8-10,14,16,24H,1,6-7,11-13H2,2-4H3/t14-,16+,24?,27?/m0/s1. The van der Waals surface area contributed by atoms with Gasteiger partial charge >= 0.3 is 6.03 Å². The summed E-state index contributed by atoms with van der Waals surface area (Å²) in [5.41, 5.74) is -0.726. The van der Waals surface area contributed by atoms with Crippen LogP contribution in [0.5, 0.6) is 0 Å². The van der Waals surface area contributed by atoms with E-state index >= 15 is 8.78 Å². The highest BCUT2D eigenvalue weighted by molar-refractivity contribution is 8.00. The number of nitrogens with zero attached hydrogens (tertiary/aromatic N) is 4. The monoisotopic (exact) mass is 580 g/mol. The van der Waals surface area contributed by atoms with Gasteiger partial charge in [0.1, 0.15) is 23.3 Å². The summed E-state index contributed by atoms with van der Waals surface area (Å²) in [5, 5.41) is -0.592. The number of carbonyl (C=O) groups is 2. The third-order valence-corrected chi connectivity index (χ3v) is 9.75. The number of urea groups is 1. The number of hydrogen-bond donors (Lipinski definition) is 0. The number of piperazine rings is 1. The summed E-state index contributed by atoms with van der Waals surface area (Å²) < 4.78 is 49.4. The Bertz CT molecular complexity index is 1330. The Morgan fingerprint density at radius 3 is 2.62 bits per heavy atom. The van der Waals surface area contributed by atoms with E-state index in [1.54, 1.807) is 15.9 Å². The van der Waals surface area contributed by atoms with Crippen LogP contribution < -0.4 is 0 Å². The van der Waals surface area contributed by atoms with E-state index in [-0.39, 0.29) is 35.2 Å². The average molecular weight is 581 g/mol. The fourth-order valence-electron chi connectivity index (χ4n) is 6.10. The van der Waals surface area contributed by atoms with Gasteiger partial charge in [0, 0.05) is 61.3 Å². The van der Waals surface area contributed by atoms with Gasteiger partial charge in [0.2, 0.25) is 5.91 Å². The number of thioether (sulfide) groups is 1. The molecule has 0 spiro atoms. The summed E-state index contributed by atoms with van der Waals surface area (Å²) in [5.74, 6) is -2.53. The van der Waals surface area contributed by atoms with Gasteiger partial charge in [-0.25, -0.2) is 18.0 Å². The molecule has 7 nitrogen and oxygen atoms in total. The molecule has 0 aromatic heterocycles. The first-order chi connectivity index (χ1) is 18.5. The van der Waals surface area contributed by atoms with Gasteiger partial charge in [-0.2, -0.15) is 4.99 Å². The van der Waals surface area contributed by atoms with Crippen LogP contribution in [0.2, 0.25) is 0 Å². The molecule has 3 amide bonds. The van der Waals surface area contributed by atoms with E-state index in [0.717, 1.165) is 0 Å². The lowest BCUT2D eigenvalue weighted by Gasteiger charge is -2.58. The van der Waals surface area contributed by atoms with Gasteiger partial charge in [0.05, 0.1) is 29.0 Å². The third-order valence-electron chi connectivity index (χ3n) is 7.84. The summed E-state index contributed by atoms with van der Waals surface area (Å²) in [4.78, 5) is 35.7. The molecular weight excluding hydrogens is 553 g/mol. The molecule has 2 unspecified atom stereocenters. The van der Waals surface area contributed by atoms with Crippen LogP contribution >= 0.6 is 23.4 Å². The summed E-state index contributed by atoms with van der Waals surface area (Å²) >= 11 is 8.20. The highest BCUT2D eigenvalue weighted by Gasteiger charge is 2.59.